The third-order valence-electron chi connectivity index (χ3n) is 4.15. The second-order valence-corrected chi connectivity index (χ2v) is 6.04. The van der Waals surface area contributed by atoms with Crippen LogP contribution in [-0.4, -0.2) is 18.4 Å². The number of fused-ring (bicyclic) bond motifs is 1. The molecule has 0 unspecified atom stereocenters. The van der Waals surface area contributed by atoms with Crippen molar-refractivity contribution in [2.45, 2.75) is 6.92 Å². The Bertz CT molecular complexity index is 882. The predicted octanol–water partition coefficient (Wildman–Crippen LogP) is 3.32. The highest BCUT2D eigenvalue weighted by atomic mass is 16.2. The van der Waals surface area contributed by atoms with E-state index in [1.54, 1.807) is 6.20 Å². The summed E-state index contributed by atoms with van der Waals surface area (Å²) in [5, 5.41) is 2.86. The van der Waals surface area contributed by atoms with Crippen LogP contribution in [0.3, 0.4) is 0 Å². The minimum absolute atomic E-state index is 0.205. The lowest BCUT2D eigenvalue weighted by Gasteiger charge is -2.22. The molecule has 0 bridgehead atoms. The van der Waals surface area contributed by atoms with Crippen LogP contribution in [0.2, 0.25) is 0 Å². The first-order valence-corrected chi connectivity index (χ1v) is 8.14. The molecule has 25 heavy (non-hydrogen) atoms. The van der Waals surface area contributed by atoms with Gasteiger partial charge in [0.05, 0.1) is 0 Å². The number of aryl methyl sites for hydroxylation is 1. The predicted molar refractivity (Wildman–Crippen MR) is 100 cm³/mol. The number of anilines is 2. The average molecular weight is 330 g/mol. The first kappa shape index (κ1) is 15.4. The average Bonchev–Trinajstić information content (AvgIpc) is 3.06. The molecule has 0 aromatic heterocycles. The van der Waals surface area contributed by atoms with Crippen molar-refractivity contribution in [3.63, 3.8) is 0 Å². The van der Waals surface area contributed by atoms with Crippen molar-refractivity contribution >= 4 is 23.1 Å². The topological polar surface area (TPSA) is 50.6 Å². The lowest BCUT2D eigenvalue weighted by Crippen LogP contribution is -2.41. The van der Waals surface area contributed by atoms with Gasteiger partial charge in [0.1, 0.15) is 0 Å². The van der Waals surface area contributed by atoms with Crippen LogP contribution in [0.5, 0.6) is 0 Å². The molecule has 0 aliphatic carbocycles. The Hall–Kier alpha value is -3.18. The molecular weight excluding hydrogens is 312 g/mol. The minimum atomic E-state index is -0.205. The molecule has 2 aliphatic heterocycles. The van der Waals surface area contributed by atoms with Gasteiger partial charge in [0, 0.05) is 23.7 Å². The number of amidine groups is 1. The zero-order chi connectivity index (χ0) is 17.2. The van der Waals surface area contributed by atoms with Crippen molar-refractivity contribution in [3.05, 3.63) is 84.3 Å². The zero-order valence-corrected chi connectivity index (χ0v) is 13.9. The summed E-state index contributed by atoms with van der Waals surface area (Å²) >= 11 is 0. The molecule has 4 rings (SSSR count). The molecule has 5 heteroatoms. The summed E-state index contributed by atoms with van der Waals surface area (Å²) in [5.74, 6) is 0.574. The normalized spacial score (nSPS) is 16.3. The second kappa shape index (κ2) is 6.37. The van der Waals surface area contributed by atoms with Gasteiger partial charge >= 0.3 is 0 Å². The molecule has 0 atom stereocenters. The number of para-hydroxylation sites is 1. The number of rotatable bonds is 3. The van der Waals surface area contributed by atoms with Gasteiger partial charge in [-0.05, 0) is 31.2 Å². The zero-order valence-electron chi connectivity index (χ0n) is 13.9. The van der Waals surface area contributed by atoms with Crippen LogP contribution in [0.25, 0.3) is 0 Å². The molecule has 1 amide bonds. The molecule has 123 valence electrons. The van der Waals surface area contributed by atoms with Crippen LogP contribution in [0.1, 0.15) is 5.56 Å². The van der Waals surface area contributed by atoms with Gasteiger partial charge in [0.15, 0.2) is 11.9 Å². The first-order valence-electron chi connectivity index (χ1n) is 8.14. The van der Waals surface area contributed by atoms with Gasteiger partial charge < -0.3 is 5.32 Å². The summed E-state index contributed by atoms with van der Waals surface area (Å²) in [4.78, 5) is 20.9. The molecular formula is C20H18N4O+. The van der Waals surface area contributed by atoms with E-state index < -0.39 is 0 Å². The number of hydrogen-bond acceptors (Lipinski definition) is 4. The smallest absolute Gasteiger partial charge is 0.285 e. The summed E-state index contributed by atoms with van der Waals surface area (Å²) in [6.07, 6.45) is 5.70. The van der Waals surface area contributed by atoms with Crippen LogP contribution < -0.4 is 15.1 Å². The SMILES string of the molecule is Cc1ccc(N2C=CC3=NC(C(=O)Nc4ccccc4)=C[N+]3C2)cc1. The van der Waals surface area contributed by atoms with Crippen LogP contribution in [0, 0.1) is 6.92 Å². The van der Waals surface area contributed by atoms with Gasteiger partial charge in [-0.2, -0.15) is 4.99 Å². The summed E-state index contributed by atoms with van der Waals surface area (Å²) in [7, 11) is 0. The van der Waals surface area contributed by atoms with E-state index >= 15 is 0 Å². The van der Waals surface area contributed by atoms with Gasteiger partial charge in [-0.1, -0.05) is 40.8 Å². The van der Waals surface area contributed by atoms with E-state index in [1.807, 2.05) is 47.5 Å². The summed E-state index contributed by atoms with van der Waals surface area (Å²) in [6, 6.07) is 17.7. The minimum Gasteiger partial charge on any atom is -0.320 e. The Morgan fingerprint density at radius 1 is 1.12 bits per heavy atom. The molecule has 0 fully saturated rings. The van der Waals surface area contributed by atoms with E-state index in [-0.39, 0.29) is 5.91 Å². The van der Waals surface area contributed by atoms with Crippen molar-refractivity contribution in [2.75, 3.05) is 16.9 Å². The van der Waals surface area contributed by atoms with Crippen LogP contribution in [0.4, 0.5) is 11.4 Å². The Kier molecular flexibility index (Phi) is 3.91. The fourth-order valence-corrected chi connectivity index (χ4v) is 2.77. The van der Waals surface area contributed by atoms with Crippen molar-refractivity contribution in [3.8, 4) is 0 Å². The molecule has 2 aromatic carbocycles. The molecule has 0 saturated carbocycles. The van der Waals surface area contributed by atoms with Gasteiger partial charge in [0.2, 0.25) is 6.67 Å². The van der Waals surface area contributed by atoms with Crippen molar-refractivity contribution < 1.29 is 4.79 Å². The highest BCUT2D eigenvalue weighted by molar-refractivity contribution is 6.10. The van der Waals surface area contributed by atoms with E-state index in [4.69, 9.17) is 0 Å². The molecule has 1 radical (unpaired) electrons. The Morgan fingerprint density at radius 2 is 1.88 bits per heavy atom. The van der Waals surface area contributed by atoms with E-state index in [9.17, 15) is 4.79 Å². The standard InChI is InChI=1S/C20H18N4O/c1-15-7-9-17(10-8-15)23-12-11-19-22-18(13-24(19)14-23)20(25)21-16-5-3-2-4-6-16/h2-13H,14H2,1H3,(H,21,25)/q+1. The maximum Gasteiger partial charge on any atom is 0.285 e. The first-order chi connectivity index (χ1) is 12.2. The van der Waals surface area contributed by atoms with Crippen molar-refractivity contribution in [2.24, 2.45) is 4.99 Å². The molecule has 5 nitrogen and oxygen atoms in total. The molecule has 0 saturated heterocycles. The van der Waals surface area contributed by atoms with E-state index in [0.717, 1.165) is 17.2 Å². The van der Waals surface area contributed by atoms with Crippen LogP contribution in [0.15, 0.2) is 83.8 Å². The molecule has 0 spiro atoms. The third-order valence-corrected chi connectivity index (χ3v) is 4.15. The van der Waals surface area contributed by atoms with E-state index in [2.05, 4.69) is 46.4 Å². The molecule has 2 heterocycles. The van der Waals surface area contributed by atoms with Gasteiger partial charge in [-0.15, -0.1) is 0 Å². The Morgan fingerprint density at radius 3 is 2.64 bits per heavy atom. The van der Waals surface area contributed by atoms with Crippen LogP contribution >= 0.6 is 0 Å². The maximum absolute atomic E-state index is 12.4. The fourth-order valence-electron chi connectivity index (χ4n) is 2.77. The highest BCUT2D eigenvalue weighted by Gasteiger charge is 2.35. The van der Waals surface area contributed by atoms with E-state index in [1.165, 1.54) is 5.56 Å². The van der Waals surface area contributed by atoms with Crippen molar-refractivity contribution in [1.82, 2.24) is 4.90 Å². The number of aliphatic imine (C=N–C) groups is 1. The second-order valence-electron chi connectivity index (χ2n) is 6.04. The number of nitrogens with zero attached hydrogens (tertiary/aromatic N) is 3. The number of hydrogen-bond donors (Lipinski definition) is 1. The van der Waals surface area contributed by atoms with Gasteiger partial charge in [-0.25, -0.2) is 0 Å². The largest absolute Gasteiger partial charge is 0.320 e. The number of carbonyl (C=O) groups is 1. The number of carbonyl (C=O) groups excluding carboxylic acids is 1. The molecule has 2 aromatic rings. The third kappa shape index (κ3) is 3.22. The Balaban J connectivity index is 1.48. The van der Waals surface area contributed by atoms with E-state index in [0.29, 0.717) is 12.4 Å². The summed E-state index contributed by atoms with van der Waals surface area (Å²) in [6.45, 7) is 2.70. The maximum atomic E-state index is 12.4. The summed E-state index contributed by atoms with van der Waals surface area (Å²) in [5.41, 5.74) is 3.51. The van der Waals surface area contributed by atoms with Gasteiger partial charge in [0.25, 0.3) is 11.7 Å². The lowest BCUT2D eigenvalue weighted by molar-refractivity contribution is -0.112. The number of benzene rings is 2. The molecule has 1 N–H and O–H groups in total. The van der Waals surface area contributed by atoms with Crippen molar-refractivity contribution in [1.29, 1.82) is 0 Å². The quantitative estimate of drug-likeness (QED) is 0.878. The van der Waals surface area contributed by atoms with Crippen LogP contribution in [-0.2, 0) is 4.79 Å². The number of nitrogens with one attached hydrogen (secondary N) is 1. The lowest BCUT2D eigenvalue weighted by atomic mass is 10.2. The fraction of sp³-hybridized carbons (Fsp3) is 0.100. The highest BCUT2D eigenvalue weighted by Crippen LogP contribution is 2.22. The van der Waals surface area contributed by atoms with Gasteiger partial charge in [-0.3, -0.25) is 9.69 Å². The summed E-state index contributed by atoms with van der Waals surface area (Å²) < 4.78 is 0. The monoisotopic (exact) mass is 330 g/mol. The molecule has 2 aliphatic rings. The Labute approximate surface area is 146 Å². The number of amides is 1.